The Morgan fingerprint density at radius 2 is 2.14 bits per heavy atom. The van der Waals surface area contributed by atoms with E-state index in [0.717, 1.165) is 5.69 Å². The molecule has 14 heavy (non-hydrogen) atoms. The molecule has 2 heterocycles. The molecule has 0 spiro atoms. The number of likely N-dealkylation sites (N-methyl/N-ethyl adjacent to an activating group) is 2. The van der Waals surface area contributed by atoms with Crippen molar-refractivity contribution >= 4 is 17.4 Å². The van der Waals surface area contributed by atoms with Crippen molar-refractivity contribution in [3.8, 4) is 0 Å². The molecule has 74 valence electrons. The normalized spacial score (nSPS) is 15.8. The maximum Gasteiger partial charge on any atom is 0.247 e. The van der Waals surface area contributed by atoms with Gasteiger partial charge in [-0.1, -0.05) is 0 Å². The van der Waals surface area contributed by atoms with Crippen LogP contribution in [0.5, 0.6) is 0 Å². The second-order valence-electron chi connectivity index (χ2n) is 3.43. The van der Waals surface area contributed by atoms with Crippen LogP contribution in [0.1, 0.15) is 5.82 Å². The summed E-state index contributed by atoms with van der Waals surface area (Å²) in [6.07, 6.45) is 1.75. The van der Waals surface area contributed by atoms with E-state index in [4.69, 9.17) is 0 Å². The van der Waals surface area contributed by atoms with E-state index in [0.29, 0.717) is 18.2 Å². The fraction of sp³-hybridized carbons (Fsp3) is 0.444. The first kappa shape index (κ1) is 8.93. The lowest BCUT2D eigenvalue weighted by Crippen LogP contribution is -2.42. The van der Waals surface area contributed by atoms with Gasteiger partial charge in [0.25, 0.3) is 0 Å². The maximum atomic E-state index is 11.5. The zero-order valence-corrected chi connectivity index (χ0v) is 8.48. The van der Waals surface area contributed by atoms with Crippen molar-refractivity contribution in [3.63, 3.8) is 0 Å². The van der Waals surface area contributed by atoms with Crippen molar-refractivity contribution in [1.82, 2.24) is 9.97 Å². The standard InChI is InChI=1S/C9H12N4O/c1-6-10-4-7-9(11-6)13(3)8(14)5-12(7)2/h4H,5H2,1-3H3. The van der Waals surface area contributed by atoms with Crippen molar-refractivity contribution in [2.45, 2.75) is 6.92 Å². The van der Waals surface area contributed by atoms with E-state index in [1.807, 2.05) is 18.9 Å². The van der Waals surface area contributed by atoms with Crippen molar-refractivity contribution in [3.05, 3.63) is 12.0 Å². The summed E-state index contributed by atoms with van der Waals surface area (Å²) in [5, 5.41) is 0. The average molecular weight is 192 g/mol. The lowest BCUT2D eigenvalue weighted by atomic mass is 10.3. The minimum absolute atomic E-state index is 0.0538. The Hall–Kier alpha value is -1.65. The Morgan fingerprint density at radius 1 is 1.43 bits per heavy atom. The van der Waals surface area contributed by atoms with Gasteiger partial charge in [-0.05, 0) is 6.92 Å². The molecule has 0 fully saturated rings. The molecule has 0 saturated carbocycles. The summed E-state index contributed by atoms with van der Waals surface area (Å²) >= 11 is 0. The topological polar surface area (TPSA) is 49.3 Å². The van der Waals surface area contributed by atoms with Crippen molar-refractivity contribution < 1.29 is 4.79 Å². The molecular weight excluding hydrogens is 180 g/mol. The number of hydrogen-bond acceptors (Lipinski definition) is 4. The van der Waals surface area contributed by atoms with Gasteiger partial charge >= 0.3 is 0 Å². The summed E-state index contributed by atoms with van der Waals surface area (Å²) in [5.74, 6) is 1.42. The molecule has 2 rings (SSSR count). The van der Waals surface area contributed by atoms with Crippen LogP contribution in [0.25, 0.3) is 0 Å². The zero-order chi connectivity index (χ0) is 10.3. The van der Waals surface area contributed by atoms with Gasteiger partial charge < -0.3 is 4.90 Å². The van der Waals surface area contributed by atoms with Crippen molar-refractivity contribution in [2.75, 3.05) is 30.4 Å². The molecular formula is C9H12N4O. The van der Waals surface area contributed by atoms with Gasteiger partial charge in [0.2, 0.25) is 5.91 Å². The third kappa shape index (κ3) is 1.21. The van der Waals surface area contributed by atoms with Gasteiger partial charge in [-0.25, -0.2) is 9.97 Å². The Labute approximate surface area is 82.4 Å². The van der Waals surface area contributed by atoms with Gasteiger partial charge in [0.05, 0.1) is 18.4 Å². The van der Waals surface area contributed by atoms with Crippen molar-refractivity contribution in [2.24, 2.45) is 0 Å². The number of aryl methyl sites for hydroxylation is 1. The summed E-state index contributed by atoms with van der Waals surface area (Å²) in [7, 11) is 3.60. The molecule has 0 atom stereocenters. The Bertz CT molecular complexity index is 390. The van der Waals surface area contributed by atoms with E-state index < -0.39 is 0 Å². The quantitative estimate of drug-likeness (QED) is 0.589. The number of nitrogens with zero attached hydrogens (tertiary/aromatic N) is 4. The van der Waals surface area contributed by atoms with E-state index in [1.54, 1.807) is 18.1 Å². The molecule has 0 saturated heterocycles. The highest BCUT2D eigenvalue weighted by atomic mass is 16.2. The van der Waals surface area contributed by atoms with Crippen LogP contribution in [0.4, 0.5) is 11.5 Å². The third-order valence-corrected chi connectivity index (χ3v) is 2.35. The van der Waals surface area contributed by atoms with Crippen LogP contribution >= 0.6 is 0 Å². The summed E-state index contributed by atoms with van der Waals surface area (Å²) in [4.78, 5) is 23.3. The number of fused-ring (bicyclic) bond motifs is 1. The van der Waals surface area contributed by atoms with Gasteiger partial charge in [-0.3, -0.25) is 9.69 Å². The number of rotatable bonds is 0. The molecule has 1 aliphatic heterocycles. The predicted molar refractivity (Wildman–Crippen MR) is 53.4 cm³/mol. The van der Waals surface area contributed by atoms with Crippen LogP contribution in [-0.2, 0) is 4.79 Å². The Kier molecular flexibility index (Phi) is 1.87. The van der Waals surface area contributed by atoms with Gasteiger partial charge in [0, 0.05) is 14.1 Å². The zero-order valence-electron chi connectivity index (χ0n) is 8.48. The third-order valence-electron chi connectivity index (χ3n) is 2.35. The number of carbonyl (C=O) groups is 1. The molecule has 0 N–H and O–H groups in total. The van der Waals surface area contributed by atoms with E-state index in [1.165, 1.54) is 0 Å². The molecule has 5 heteroatoms. The van der Waals surface area contributed by atoms with Crippen molar-refractivity contribution in [1.29, 1.82) is 0 Å². The van der Waals surface area contributed by atoms with E-state index in [9.17, 15) is 4.79 Å². The molecule has 1 aliphatic rings. The van der Waals surface area contributed by atoms with Crippen LogP contribution in [0.2, 0.25) is 0 Å². The Morgan fingerprint density at radius 3 is 2.86 bits per heavy atom. The van der Waals surface area contributed by atoms with Crippen LogP contribution in [0, 0.1) is 6.92 Å². The van der Waals surface area contributed by atoms with Crippen LogP contribution in [0.15, 0.2) is 6.20 Å². The first-order valence-corrected chi connectivity index (χ1v) is 4.41. The van der Waals surface area contributed by atoms with Gasteiger partial charge in [0.15, 0.2) is 5.82 Å². The summed E-state index contributed by atoms with van der Waals surface area (Å²) in [6.45, 7) is 2.20. The second kappa shape index (κ2) is 2.94. The van der Waals surface area contributed by atoms with Gasteiger partial charge in [0.1, 0.15) is 5.82 Å². The molecule has 0 radical (unpaired) electrons. The summed E-state index contributed by atoms with van der Waals surface area (Å²) in [6, 6.07) is 0. The summed E-state index contributed by atoms with van der Waals surface area (Å²) in [5.41, 5.74) is 0.901. The van der Waals surface area contributed by atoms with E-state index >= 15 is 0 Å². The average Bonchev–Trinajstić information content (AvgIpc) is 2.14. The highest BCUT2D eigenvalue weighted by Crippen LogP contribution is 2.28. The molecule has 1 aromatic heterocycles. The highest BCUT2D eigenvalue weighted by Gasteiger charge is 2.25. The smallest absolute Gasteiger partial charge is 0.247 e. The number of anilines is 2. The maximum absolute atomic E-state index is 11.5. The largest absolute Gasteiger partial charge is 0.361 e. The number of amides is 1. The first-order chi connectivity index (χ1) is 6.59. The summed E-state index contributed by atoms with van der Waals surface area (Å²) < 4.78 is 0. The fourth-order valence-electron chi connectivity index (χ4n) is 1.48. The Balaban J connectivity index is 2.56. The van der Waals surface area contributed by atoms with Gasteiger partial charge in [-0.15, -0.1) is 0 Å². The van der Waals surface area contributed by atoms with E-state index in [-0.39, 0.29) is 5.91 Å². The van der Waals surface area contributed by atoms with Gasteiger partial charge in [-0.2, -0.15) is 0 Å². The molecule has 5 nitrogen and oxygen atoms in total. The minimum Gasteiger partial charge on any atom is -0.361 e. The van der Waals surface area contributed by atoms with Crippen LogP contribution in [0.3, 0.4) is 0 Å². The number of aromatic nitrogens is 2. The molecule has 0 aliphatic carbocycles. The molecule has 1 amide bonds. The molecule has 0 bridgehead atoms. The number of carbonyl (C=O) groups excluding carboxylic acids is 1. The number of hydrogen-bond donors (Lipinski definition) is 0. The first-order valence-electron chi connectivity index (χ1n) is 4.41. The predicted octanol–water partition coefficient (Wildman–Crippen LogP) is 0.198. The fourth-order valence-corrected chi connectivity index (χ4v) is 1.48. The second-order valence-corrected chi connectivity index (χ2v) is 3.43. The monoisotopic (exact) mass is 192 g/mol. The minimum atomic E-state index is 0.0538. The van der Waals surface area contributed by atoms with E-state index in [2.05, 4.69) is 9.97 Å². The molecule has 0 unspecified atom stereocenters. The lowest BCUT2D eigenvalue weighted by molar-refractivity contribution is -0.117. The van der Waals surface area contributed by atoms with Crippen LogP contribution < -0.4 is 9.80 Å². The van der Waals surface area contributed by atoms with Crippen LogP contribution in [-0.4, -0.2) is 36.5 Å². The SMILES string of the molecule is Cc1ncc2c(n1)N(C)C(=O)CN2C. The molecule has 0 aromatic carbocycles. The lowest BCUT2D eigenvalue weighted by Gasteiger charge is -2.31. The molecule has 1 aromatic rings. The highest BCUT2D eigenvalue weighted by molar-refractivity contribution is 6.01.